The Balaban J connectivity index is 2.23. The van der Waals surface area contributed by atoms with E-state index in [1.165, 1.54) is 12.1 Å². The Morgan fingerprint density at radius 3 is 2.25 bits per heavy atom. The maximum atomic E-state index is 12.5. The average Bonchev–Trinajstić information content (AvgIpc) is 2.45. The molecule has 1 nitrogen and oxygen atoms in total. The number of nitrogens with one attached hydrogen (secondary N) is 1. The molecule has 0 saturated carbocycles. The molecule has 0 atom stereocenters. The van der Waals surface area contributed by atoms with Gasteiger partial charge in [-0.3, -0.25) is 0 Å². The van der Waals surface area contributed by atoms with E-state index in [1.54, 1.807) is 0 Å². The largest absolute Gasteiger partial charge is 0.416 e. The van der Waals surface area contributed by atoms with Crippen molar-refractivity contribution in [1.29, 1.82) is 0 Å². The number of alkyl halides is 3. The Morgan fingerprint density at radius 2 is 1.65 bits per heavy atom. The summed E-state index contributed by atoms with van der Waals surface area (Å²) in [5.41, 5.74) is 2.03. The van der Waals surface area contributed by atoms with E-state index in [1.807, 2.05) is 24.3 Å². The summed E-state index contributed by atoms with van der Waals surface area (Å²) in [6.45, 7) is 2.95. The van der Waals surface area contributed by atoms with Crippen LogP contribution in [0.1, 0.15) is 18.9 Å². The summed E-state index contributed by atoms with van der Waals surface area (Å²) in [6.07, 6.45) is -3.27. The summed E-state index contributed by atoms with van der Waals surface area (Å²) >= 11 is 0. The van der Waals surface area contributed by atoms with Crippen LogP contribution in [-0.2, 0) is 6.18 Å². The van der Waals surface area contributed by atoms with Gasteiger partial charge in [0.05, 0.1) is 5.56 Å². The molecule has 0 spiro atoms. The number of anilines is 1. The first-order valence-corrected chi connectivity index (χ1v) is 6.52. The third kappa shape index (κ3) is 3.53. The van der Waals surface area contributed by atoms with Crippen molar-refractivity contribution in [3.63, 3.8) is 0 Å². The van der Waals surface area contributed by atoms with Gasteiger partial charge in [0.15, 0.2) is 0 Å². The summed E-state index contributed by atoms with van der Waals surface area (Å²) < 4.78 is 37.5. The van der Waals surface area contributed by atoms with Crippen LogP contribution in [0.3, 0.4) is 0 Å². The first kappa shape index (κ1) is 14.4. The molecule has 106 valence electrons. The maximum absolute atomic E-state index is 12.5. The zero-order valence-electron chi connectivity index (χ0n) is 11.2. The van der Waals surface area contributed by atoms with Crippen LogP contribution < -0.4 is 5.32 Å². The Labute approximate surface area is 116 Å². The Hall–Kier alpha value is -1.97. The van der Waals surface area contributed by atoms with E-state index in [-0.39, 0.29) is 0 Å². The lowest BCUT2D eigenvalue weighted by Crippen LogP contribution is -2.04. The maximum Gasteiger partial charge on any atom is 0.416 e. The molecule has 0 heterocycles. The molecule has 2 rings (SSSR count). The highest BCUT2D eigenvalue weighted by Gasteiger charge is 2.29. The molecule has 0 aliphatic carbocycles. The van der Waals surface area contributed by atoms with Crippen LogP contribution in [0.2, 0.25) is 0 Å². The van der Waals surface area contributed by atoms with Crippen molar-refractivity contribution in [3.8, 4) is 11.1 Å². The van der Waals surface area contributed by atoms with Crippen molar-refractivity contribution in [2.24, 2.45) is 0 Å². The molecule has 0 aromatic heterocycles. The fourth-order valence-corrected chi connectivity index (χ4v) is 1.93. The molecule has 0 radical (unpaired) electrons. The van der Waals surface area contributed by atoms with Crippen molar-refractivity contribution >= 4 is 5.69 Å². The van der Waals surface area contributed by atoms with Gasteiger partial charge in [-0.15, -0.1) is 0 Å². The van der Waals surface area contributed by atoms with E-state index in [2.05, 4.69) is 12.2 Å². The molecular formula is C16H16F3N. The minimum atomic E-state index is -4.29. The second kappa shape index (κ2) is 5.99. The fraction of sp³-hybridized carbons (Fsp3) is 0.250. The summed E-state index contributed by atoms with van der Waals surface area (Å²) in [5, 5.41) is 3.26. The second-order valence-corrected chi connectivity index (χ2v) is 4.58. The average molecular weight is 279 g/mol. The van der Waals surface area contributed by atoms with E-state index in [4.69, 9.17) is 0 Å². The number of rotatable bonds is 4. The van der Waals surface area contributed by atoms with Gasteiger partial charge in [-0.1, -0.05) is 31.2 Å². The molecule has 0 fully saturated rings. The molecule has 2 aromatic rings. The highest BCUT2D eigenvalue weighted by atomic mass is 19.4. The van der Waals surface area contributed by atoms with Gasteiger partial charge in [0.2, 0.25) is 0 Å². The lowest BCUT2D eigenvalue weighted by Gasteiger charge is -2.09. The minimum absolute atomic E-state index is 0.624. The standard InChI is InChI=1S/C16H16F3N/c1-2-10-20-15-5-3-4-13(11-15)12-6-8-14(9-7-12)16(17,18)19/h3-9,11,20H,2,10H2,1H3. The van der Waals surface area contributed by atoms with Crippen LogP contribution in [0.15, 0.2) is 48.5 Å². The predicted octanol–water partition coefficient (Wildman–Crippen LogP) is 5.19. The normalized spacial score (nSPS) is 11.4. The zero-order valence-corrected chi connectivity index (χ0v) is 11.2. The van der Waals surface area contributed by atoms with E-state index in [0.717, 1.165) is 41.9 Å². The molecule has 0 bridgehead atoms. The smallest absolute Gasteiger partial charge is 0.385 e. The molecule has 20 heavy (non-hydrogen) atoms. The van der Waals surface area contributed by atoms with Gasteiger partial charge < -0.3 is 5.32 Å². The fourth-order valence-electron chi connectivity index (χ4n) is 1.93. The SMILES string of the molecule is CCCNc1cccc(-c2ccc(C(F)(F)F)cc2)c1. The number of benzene rings is 2. The zero-order chi connectivity index (χ0) is 14.6. The summed E-state index contributed by atoms with van der Waals surface area (Å²) in [4.78, 5) is 0. The molecule has 0 unspecified atom stereocenters. The topological polar surface area (TPSA) is 12.0 Å². The Bertz CT molecular complexity index is 559. The highest BCUT2D eigenvalue weighted by molar-refractivity contribution is 5.68. The van der Waals surface area contributed by atoms with E-state index in [9.17, 15) is 13.2 Å². The van der Waals surface area contributed by atoms with Crippen molar-refractivity contribution < 1.29 is 13.2 Å². The van der Waals surface area contributed by atoms with E-state index in [0.29, 0.717) is 0 Å². The van der Waals surface area contributed by atoms with Crippen LogP contribution >= 0.6 is 0 Å². The van der Waals surface area contributed by atoms with Crippen molar-refractivity contribution in [1.82, 2.24) is 0 Å². The van der Waals surface area contributed by atoms with Crippen molar-refractivity contribution in [2.75, 3.05) is 11.9 Å². The van der Waals surface area contributed by atoms with Gasteiger partial charge in [0.25, 0.3) is 0 Å². The van der Waals surface area contributed by atoms with Gasteiger partial charge >= 0.3 is 6.18 Å². The van der Waals surface area contributed by atoms with Gasteiger partial charge in [-0.05, 0) is 41.8 Å². The van der Waals surface area contributed by atoms with Crippen LogP contribution in [0.25, 0.3) is 11.1 Å². The molecule has 0 aliphatic rings. The van der Waals surface area contributed by atoms with Crippen LogP contribution in [0, 0.1) is 0 Å². The second-order valence-electron chi connectivity index (χ2n) is 4.58. The van der Waals surface area contributed by atoms with Crippen LogP contribution in [0.5, 0.6) is 0 Å². The molecule has 2 aromatic carbocycles. The van der Waals surface area contributed by atoms with E-state index >= 15 is 0 Å². The van der Waals surface area contributed by atoms with Crippen molar-refractivity contribution in [2.45, 2.75) is 19.5 Å². The molecule has 1 N–H and O–H groups in total. The first-order chi connectivity index (χ1) is 9.50. The molecular weight excluding hydrogens is 263 g/mol. The number of hydrogen-bond acceptors (Lipinski definition) is 1. The van der Waals surface area contributed by atoms with Crippen LogP contribution in [0.4, 0.5) is 18.9 Å². The molecule has 0 saturated heterocycles. The third-order valence-electron chi connectivity index (χ3n) is 2.99. The molecule has 4 heteroatoms. The summed E-state index contributed by atoms with van der Waals surface area (Å²) in [5.74, 6) is 0. The predicted molar refractivity (Wildman–Crippen MR) is 75.7 cm³/mol. The lowest BCUT2D eigenvalue weighted by molar-refractivity contribution is -0.137. The Kier molecular flexibility index (Phi) is 4.32. The minimum Gasteiger partial charge on any atom is -0.385 e. The van der Waals surface area contributed by atoms with E-state index < -0.39 is 11.7 Å². The summed E-state index contributed by atoms with van der Waals surface area (Å²) in [7, 11) is 0. The van der Waals surface area contributed by atoms with Crippen molar-refractivity contribution in [3.05, 3.63) is 54.1 Å². The van der Waals surface area contributed by atoms with Gasteiger partial charge in [-0.25, -0.2) is 0 Å². The third-order valence-corrected chi connectivity index (χ3v) is 2.99. The summed E-state index contributed by atoms with van der Waals surface area (Å²) in [6, 6.07) is 12.9. The quantitative estimate of drug-likeness (QED) is 0.811. The lowest BCUT2D eigenvalue weighted by atomic mass is 10.0. The van der Waals surface area contributed by atoms with Gasteiger partial charge in [0.1, 0.15) is 0 Å². The van der Waals surface area contributed by atoms with Crippen LogP contribution in [-0.4, -0.2) is 6.54 Å². The van der Waals surface area contributed by atoms with Gasteiger partial charge in [-0.2, -0.15) is 13.2 Å². The molecule has 0 amide bonds. The van der Waals surface area contributed by atoms with Gasteiger partial charge in [0, 0.05) is 12.2 Å². The Morgan fingerprint density at radius 1 is 0.950 bits per heavy atom. The monoisotopic (exact) mass is 279 g/mol. The first-order valence-electron chi connectivity index (χ1n) is 6.52. The number of hydrogen-bond donors (Lipinski definition) is 1. The highest BCUT2D eigenvalue weighted by Crippen LogP contribution is 2.31. The number of halogens is 3. The molecule has 0 aliphatic heterocycles.